The summed E-state index contributed by atoms with van der Waals surface area (Å²) in [5.41, 5.74) is 5.56. The normalized spacial score (nSPS) is 10.1. The zero-order valence-electron chi connectivity index (χ0n) is 9.01. The van der Waals surface area contributed by atoms with Crippen molar-refractivity contribution in [3.63, 3.8) is 0 Å². The minimum atomic E-state index is -0.762. The number of benzene rings is 1. The van der Waals surface area contributed by atoms with Crippen molar-refractivity contribution in [3.05, 3.63) is 35.4 Å². The number of amides is 1. The van der Waals surface area contributed by atoms with Crippen LogP contribution in [0.15, 0.2) is 29.8 Å². The van der Waals surface area contributed by atoms with Gasteiger partial charge in [0.25, 0.3) is 5.91 Å². The summed E-state index contributed by atoms with van der Waals surface area (Å²) in [4.78, 5) is 10.9. The number of nitriles is 1. The molecule has 2 N–H and O–H groups in total. The number of hydrogen-bond donors (Lipinski definition) is 1. The highest BCUT2D eigenvalue weighted by Crippen LogP contribution is 2.15. The second kappa shape index (κ2) is 5.99. The van der Waals surface area contributed by atoms with Crippen molar-refractivity contribution < 1.29 is 9.53 Å². The molecule has 0 aliphatic rings. The van der Waals surface area contributed by atoms with E-state index < -0.39 is 5.91 Å². The molecular formula is C13H10N2O2. The van der Waals surface area contributed by atoms with Crippen LogP contribution in [0.3, 0.4) is 0 Å². The molecule has 0 atom stereocenters. The quantitative estimate of drug-likeness (QED) is 0.474. The van der Waals surface area contributed by atoms with Gasteiger partial charge < -0.3 is 10.5 Å². The van der Waals surface area contributed by atoms with Crippen molar-refractivity contribution in [2.45, 2.75) is 0 Å². The Bertz CT molecular complexity index is 533. The summed E-state index contributed by atoms with van der Waals surface area (Å²) in [6.45, 7) is 0.161. The van der Waals surface area contributed by atoms with Gasteiger partial charge in [0.2, 0.25) is 0 Å². The number of nitrogens with two attached hydrogens (primary N) is 1. The van der Waals surface area contributed by atoms with E-state index in [2.05, 4.69) is 5.92 Å². The monoisotopic (exact) mass is 226 g/mol. The predicted molar refractivity (Wildman–Crippen MR) is 63.6 cm³/mol. The molecule has 17 heavy (non-hydrogen) atoms. The first kappa shape index (κ1) is 12.4. The number of rotatable bonds is 4. The Balaban J connectivity index is 2.97. The maximum Gasteiger partial charge on any atom is 0.259 e. The Morgan fingerprint density at radius 2 is 2.35 bits per heavy atom. The number of nitrogens with zero attached hydrogens (tertiary/aromatic N) is 1. The van der Waals surface area contributed by atoms with Gasteiger partial charge in [0.05, 0.1) is 0 Å². The molecule has 1 amide bonds. The first-order valence-electron chi connectivity index (χ1n) is 4.75. The molecular weight excluding hydrogens is 216 g/mol. The fourth-order valence-corrected chi connectivity index (χ4v) is 1.14. The van der Waals surface area contributed by atoms with Crippen LogP contribution in [0.5, 0.6) is 5.75 Å². The van der Waals surface area contributed by atoms with Gasteiger partial charge in [-0.15, -0.1) is 6.42 Å². The number of primary amides is 1. The number of carbonyl (C=O) groups is 1. The molecule has 1 aromatic carbocycles. The Morgan fingerprint density at radius 1 is 1.59 bits per heavy atom. The Morgan fingerprint density at radius 3 is 2.94 bits per heavy atom. The molecule has 84 valence electrons. The van der Waals surface area contributed by atoms with E-state index in [9.17, 15) is 4.79 Å². The van der Waals surface area contributed by atoms with Crippen molar-refractivity contribution in [1.29, 1.82) is 5.26 Å². The average Bonchev–Trinajstić information content (AvgIpc) is 2.33. The molecule has 0 bridgehead atoms. The molecule has 1 aromatic rings. The molecule has 4 nitrogen and oxygen atoms in total. The summed E-state index contributed by atoms with van der Waals surface area (Å²) in [7, 11) is 0. The molecule has 0 aromatic heterocycles. The van der Waals surface area contributed by atoms with Gasteiger partial charge in [0.15, 0.2) is 0 Å². The summed E-state index contributed by atoms with van der Waals surface area (Å²) in [6, 6.07) is 8.57. The maximum absolute atomic E-state index is 10.9. The van der Waals surface area contributed by atoms with E-state index in [1.165, 1.54) is 6.08 Å². The first-order valence-corrected chi connectivity index (χ1v) is 4.75. The predicted octanol–water partition coefficient (Wildman–Crippen LogP) is 1.09. The lowest BCUT2D eigenvalue weighted by atomic mass is 10.1. The van der Waals surface area contributed by atoms with Gasteiger partial charge >= 0.3 is 0 Å². The van der Waals surface area contributed by atoms with Crippen molar-refractivity contribution >= 4 is 12.0 Å². The Labute approximate surface area is 99.3 Å². The van der Waals surface area contributed by atoms with E-state index in [1.807, 2.05) is 0 Å². The van der Waals surface area contributed by atoms with Gasteiger partial charge in [-0.1, -0.05) is 18.1 Å². The average molecular weight is 226 g/mol. The van der Waals surface area contributed by atoms with Gasteiger partial charge in [-0.05, 0) is 23.8 Å². The number of carbonyl (C=O) groups excluding carboxylic acids is 1. The third-order valence-corrected chi connectivity index (χ3v) is 1.88. The number of ether oxygens (including phenoxy) is 1. The van der Waals surface area contributed by atoms with Crippen LogP contribution in [0, 0.1) is 23.7 Å². The van der Waals surface area contributed by atoms with Crippen LogP contribution < -0.4 is 10.5 Å². The zero-order valence-corrected chi connectivity index (χ0v) is 9.01. The molecule has 0 aliphatic carbocycles. The number of hydrogen-bond acceptors (Lipinski definition) is 3. The minimum Gasteiger partial charge on any atom is -0.481 e. The van der Waals surface area contributed by atoms with E-state index >= 15 is 0 Å². The second-order valence-corrected chi connectivity index (χ2v) is 3.10. The van der Waals surface area contributed by atoms with Crippen LogP contribution in [0.2, 0.25) is 0 Å². The van der Waals surface area contributed by atoms with Gasteiger partial charge in [0, 0.05) is 0 Å². The van der Waals surface area contributed by atoms with Crippen LogP contribution in [0.1, 0.15) is 5.56 Å². The third-order valence-electron chi connectivity index (χ3n) is 1.88. The summed E-state index contributed by atoms with van der Waals surface area (Å²) < 4.78 is 5.21. The first-order chi connectivity index (χ1) is 8.17. The molecule has 0 heterocycles. The summed E-state index contributed by atoms with van der Waals surface area (Å²) in [5, 5.41) is 8.69. The molecule has 1 rings (SSSR count). The fourth-order valence-electron chi connectivity index (χ4n) is 1.14. The van der Waals surface area contributed by atoms with Crippen molar-refractivity contribution in [3.8, 4) is 24.2 Å². The van der Waals surface area contributed by atoms with E-state index in [1.54, 1.807) is 30.3 Å². The van der Waals surface area contributed by atoms with Gasteiger partial charge in [-0.3, -0.25) is 4.79 Å². The fraction of sp³-hybridized carbons (Fsp3) is 0.0769. The van der Waals surface area contributed by atoms with Gasteiger partial charge in [0.1, 0.15) is 24.0 Å². The molecule has 0 spiro atoms. The van der Waals surface area contributed by atoms with E-state index in [4.69, 9.17) is 22.2 Å². The van der Waals surface area contributed by atoms with Crippen LogP contribution in [-0.4, -0.2) is 12.5 Å². The van der Waals surface area contributed by atoms with Crippen LogP contribution in [0.25, 0.3) is 6.08 Å². The van der Waals surface area contributed by atoms with Gasteiger partial charge in [-0.25, -0.2) is 0 Å². The van der Waals surface area contributed by atoms with Crippen molar-refractivity contribution in [2.24, 2.45) is 5.73 Å². The molecule has 0 saturated carbocycles. The van der Waals surface area contributed by atoms with Crippen LogP contribution in [-0.2, 0) is 4.79 Å². The van der Waals surface area contributed by atoms with Crippen molar-refractivity contribution in [1.82, 2.24) is 0 Å². The molecule has 4 heteroatoms. The standard InChI is InChI=1S/C13H10N2O2/c1-2-6-17-12-5-3-4-10(8-12)7-11(9-14)13(15)16/h1,3-5,7-8H,6H2,(H2,15,16)/b11-7-. The Kier molecular flexibility index (Phi) is 4.35. The molecule has 0 radical (unpaired) electrons. The summed E-state index contributed by atoms with van der Waals surface area (Å²) in [6.07, 6.45) is 6.46. The van der Waals surface area contributed by atoms with Crippen LogP contribution >= 0.6 is 0 Å². The van der Waals surface area contributed by atoms with Crippen LogP contribution in [0.4, 0.5) is 0 Å². The minimum absolute atomic E-state index is 0.112. The van der Waals surface area contributed by atoms with E-state index in [0.29, 0.717) is 11.3 Å². The van der Waals surface area contributed by atoms with E-state index in [0.717, 1.165) is 0 Å². The highest BCUT2D eigenvalue weighted by molar-refractivity contribution is 6.00. The van der Waals surface area contributed by atoms with E-state index in [-0.39, 0.29) is 12.2 Å². The molecule has 0 unspecified atom stereocenters. The summed E-state index contributed by atoms with van der Waals surface area (Å²) in [5.74, 6) is 2.15. The third kappa shape index (κ3) is 3.73. The SMILES string of the molecule is C#CCOc1cccc(/C=C(/C#N)C(N)=O)c1. The lowest BCUT2D eigenvalue weighted by Gasteiger charge is -2.02. The largest absolute Gasteiger partial charge is 0.481 e. The highest BCUT2D eigenvalue weighted by atomic mass is 16.5. The molecule has 0 saturated heterocycles. The molecule has 0 aliphatic heterocycles. The Hall–Kier alpha value is -2.72. The lowest BCUT2D eigenvalue weighted by molar-refractivity contribution is -0.114. The lowest BCUT2D eigenvalue weighted by Crippen LogP contribution is -2.12. The molecule has 0 fully saturated rings. The highest BCUT2D eigenvalue weighted by Gasteiger charge is 2.03. The second-order valence-electron chi connectivity index (χ2n) is 3.10. The number of terminal acetylenes is 1. The topological polar surface area (TPSA) is 76.1 Å². The van der Waals surface area contributed by atoms with Gasteiger partial charge in [-0.2, -0.15) is 5.26 Å². The van der Waals surface area contributed by atoms with Crippen molar-refractivity contribution in [2.75, 3.05) is 6.61 Å². The summed E-state index contributed by atoms with van der Waals surface area (Å²) >= 11 is 0. The zero-order chi connectivity index (χ0) is 12.7. The smallest absolute Gasteiger partial charge is 0.259 e. The maximum atomic E-state index is 10.9.